The molecule has 1 fully saturated rings. The number of carbonyl (C=O) groups excluding carboxylic acids is 1. The molecule has 3 aromatic rings. The first-order valence-electron chi connectivity index (χ1n) is 7.80. The van der Waals surface area contributed by atoms with Crippen molar-refractivity contribution in [3.05, 3.63) is 52.7 Å². The SMILES string of the molecule is Nc1n[nH]c2ccc(C(=O)N3CCC[C@H]3c3ccc(Cl)cc3)nc12. The second-order valence-electron chi connectivity index (χ2n) is 5.91. The number of nitrogens with one attached hydrogen (secondary N) is 1. The summed E-state index contributed by atoms with van der Waals surface area (Å²) in [6.07, 6.45) is 1.90. The summed E-state index contributed by atoms with van der Waals surface area (Å²) in [6.45, 7) is 0.715. The second-order valence-corrected chi connectivity index (χ2v) is 6.35. The van der Waals surface area contributed by atoms with E-state index in [1.807, 2.05) is 29.2 Å². The number of halogens is 1. The van der Waals surface area contributed by atoms with Gasteiger partial charge in [-0.15, -0.1) is 0 Å². The van der Waals surface area contributed by atoms with E-state index in [0.717, 1.165) is 23.9 Å². The van der Waals surface area contributed by atoms with E-state index in [4.69, 9.17) is 17.3 Å². The Morgan fingerprint density at radius 3 is 2.83 bits per heavy atom. The van der Waals surface area contributed by atoms with Crippen LogP contribution in [0.3, 0.4) is 0 Å². The van der Waals surface area contributed by atoms with E-state index in [9.17, 15) is 4.79 Å². The summed E-state index contributed by atoms with van der Waals surface area (Å²) in [7, 11) is 0. The number of aromatic nitrogens is 3. The van der Waals surface area contributed by atoms with Crippen LogP contribution in [0.25, 0.3) is 11.0 Å². The molecule has 1 atom stereocenters. The van der Waals surface area contributed by atoms with Crippen molar-refractivity contribution in [1.29, 1.82) is 0 Å². The van der Waals surface area contributed by atoms with Crippen LogP contribution in [0.15, 0.2) is 36.4 Å². The molecule has 0 aliphatic carbocycles. The number of fused-ring (bicyclic) bond motifs is 1. The van der Waals surface area contributed by atoms with Crippen LogP contribution in [0.4, 0.5) is 5.82 Å². The van der Waals surface area contributed by atoms with Crippen LogP contribution in [0.2, 0.25) is 5.02 Å². The molecule has 0 radical (unpaired) electrons. The summed E-state index contributed by atoms with van der Waals surface area (Å²) in [4.78, 5) is 19.2. The minimum absolute atomic E-state index is 0.0500. The first-order valence-corrected chi connectivity index (χ1v) is 8.18. The van der Waals surface area contributed by atoms with Gasteiger partial charge in [-0.3, -0.25) is 9.89 Å². The average molecular weight is 342 g/mol. The largest absolute Gasteiger partial charge is 0.380 e. The topological polar surface area (TPSA) is 87.9 Å². The zero-order chi connectivity index (χ0) is 16.7. The minimum atomic E-state index is -0.0880. The standard InChI is InChI=1S/C17H16ClN5O/c18-11-5-3-10(4-6-11)14-2-1-9-23(14)17(24)13-8-7-12-15(20-13)16(19)22-21-12/h3-8,14H,1-2,9H2,(H3,19,21,22)/t14-/m0/s1. The molecule has 0 spiro atoms. The normalized spacial score (nSPS) is 17.5. The molecule has 1 saturated heterocycles. The third-order valence-corrected chi connectivity index (χ3v) is 4.67. The summed E-state index contributed by atoms with van der Waals surface area (Å²) < 4.78 is 0. The van der Waals surface area contributed by atoms with Gasteiger partial charge in [-0.05, 0) is 42.7 Å². The zero-order valence-electron chi connectivity index (χ0n) is 12.9. The van der Waals surface area contributed by atoms with Gasteiger partial charge < -0.3 is 10.6 Å². The van der Waals surface area contributed by atoms with Crippen LogP contribution in [0.1, 0.15) is 34.9 Å². The van der Waals surface area contributed by atoms with Gasteiger partial charge in [0.1, 0.15) is 11.2 Å². The van der Waals surface area contributed by atoms with Gasteiger partial charge in [0.25, 0.3) is 5.91 Å². The minimum Gasteiger partial charge on any atom is -0.380 e. The van der Waals surface area contributed by atoms with Crippen molar-refractivity contribution in [3.8, 4) is 0 Å². The Bertz CT molecular complexity index is 905. The molecule has 0 unspecified atom stereocenters. The molecule has 1 amide bonds. The number of nitrogens with two attached hydrogens (primary N) is 1. The number of rotatable bonds is 2. The monoisotopic (exact) mass is 341 g/mol. The second kappa shape index (κ2) is 5.79. The summed E-state index contributed by atoms with van der Waals surface area (Å²) in [5.74, 6) is 0.213. The van der Waals surface area contributed by atoms with Gasteiger partial charge in [0.2, 0.25) is 0 Å². The Morgan fingerprint density at radius 1 is 1.25 bits per heavy atom. The van der Waals surface area contributed by atoms with Crippen molar-refractivity contribution >= 4 is 34.4 Å². The van der Waals surface area contributed by atoms with E-state index in [1.165, 1.54) is 0 Å². The Labute approximate surface area is 143 Å². The molecule has 1 aliphatic rings. The van der Waals surface area contributed by atoms with Gasteiger partial charge in [-0.25, -0.2) is 4.98 Å². The third kappa shape index (κ3) is 2.49. The maximum Gasteiger partial charge on any atom is 0.272 e. The molecular weight excluding hydrogens is 326 g/mol. The number of benzene rings is 1. The molecule has 1 aliphatic heterocycles. The van der Waals surface area contributed by atoms with Crippen LogP contribution in [-0.4, -0.2) is 32.5 Å². The number of hydrogen-bond acceptors (Lipinski definition) is 4. The molecular formula is C17H16ClN5O. The number of likely N-dealkylation sites (tertiary alicyclic amines) is 1. The molecule has 122 valence electrons. The van der Waals surface area contributed by atoms with E-state index in [2.05, 4.69) is 15.2 Å². The molecule has 2 aromatic heterocycles. The molecule has 3 N–H and O–H groups in total. The van der Waals surface area contributed by atoms with Gasteiger partial charge >= 0.3 is 0 Å². The fourth-order valence-electron chi connectivity index (χ4n) is 3.23. The molecule has 1 aromatic carbocycles. The highest BCUT2D eigenvalue weighted by molar-refractivity contribution is 6.30. The maximum absolute atomic E-state index is 12.9. The summed E-state index contributed by atoms with van der Waals surface area (Å²) in [5, 5.41) is 7.40. The predicted molar refractivity (Wildman–Crippen MR) is 92.8 cm³/mol. The lowest BCUT2D eigenvalue weighted by molar-refractivity contribution is 0.0730. The lowest BCUT2D eigenvalue weighted by Gasteiger charge is -2.25. The van der Waals surface area contributed by atoms with Gasteiger partial charge in [0, 0.05) is 11.6 Å². The zero-order valence-corrected chi connectivity index (χ0v) is 13.6. The summed E-state index contributed by atoms with van der Waals surface area (Å²) >= 11 is 5.96. The van der Waals surface area contributed by atoms with E-state index < -0.39 is 0 Å². The predicted octanol–water partition coefficient (Wildman–Crippen LogP) is 3.17. The molecule has 0 bridgehead atoms. The van der Waals surface area contributed by atoms with Crippen molar-refractivity contribution in [3.63, 3.8) is 0 Å². The number of aromatic amines is 1. The fourth-order valence-corrected chi connectivity index (χ4v) is 3.35. The number of hydrogen-bond donors (Lipinski definition) is 2. The number of H-pyrrole nitrogens is 1. The Kier molecular flexibility index (Phi) is 3.61. The molecule has 0 saturated carbocycles. The Hall–Kier alpha value is -2.60. The van der Waals surface area contributed by atoms with Gasteiger partial charge in [0.15, 0.2) is 5.82 Å². The number of carbonyl (C=O) groups is 1. The highest BCUT2D eigenvalue weighted by Gasteiger charge is 2.31. The van der Waals surface area contributed by atoms with Gasteiger partial charge in [-0.2, -0.15) is 5.10 Å². The molecule has 3 heterocycles. The summed E-state index contributed by atoms with van der Waals surface area (Å²) in [5.41, 5.74) is 8.52. The number of nitrogens with zero attached hydrogens (tertiary/aromatic N) is 3. The average Bonchev–Trinajstić information content (AvgIpc) is 3.22. The van der Waals surface area contributed by atoms with Crippen molar-refractivity contribution in [2.45, 2.75) is 18.9 Å². The molecule has 7 heteroatoms. The number of amides is 1. The fraction of sp³-hybridized carbons (Fsp3) is 0.235. The van der Waals surface area contributed by atoms with Crippen molar-refractivity contribution in [1.82, 2.24) is 20.1 Å². The van der Waals surface area contributed by atoms with Crippen LogP contribution in [0, 0.1) is 0 Å². The molecule has 24 heavy (non-hydrogen) atoms. The smallest absolute Gasteiger partial charge is 0.272 e. The van der Waals surface area contributed by atoms with E-state index in [-0.39, 0.29) is 11.9 Å². The molecule has 4 rings (SSSR count). The quantitative estimate of drug-likeness (QED) is 0.749. The Morgan fingerprint density at radius 2 is 2.04 bits per heavy atom. The van der Waals surface area contributed by atoms with E-state index in [0.29, 0.717) is 28.6 Å². The Balaban J connectivity index is 1.66. The van der Waals surface area contributed by atoms with Crippen molar-refractivity contribution < 1.29 is 4.79 Å². The van der Waals surface area contributed by atoms with Gasteiger partial charge in [0.05, 0.1) is 11.6 Å². The third-order valence-electron chi connectivity index (χ3n) is 4.42. The van der Waals surface area contributed by atoms with Gasteiger partial charge in [-0.1, -0.05) is 23.7 Å². The van der Waals surface area contributed by atoms with Crippen LogP contribution < -0.4 is 5.73 Å². The first-order chi connectivity index (χ1) is 11.6. The lowest BCUT2D eigenvalue weighted by Crippen LogP contribution is -2.31. The lowest BCUT2D eigenvalue weighted by atomic mass is 10.0. The van der Waals surface area contributed by atoms with Crippen LogP contribution >= 0.6 is 11.6 Å². The van der Waals surface area contributed by atoms with E-state index in [1.54, 1.807) is 12.1 Å². The maximum atomic E-state index is 12.9. The summed E-state index contributed by atoms with van der Waals surface area (Å²) in [6, 6.07) is 11.2. The number of pyridine rings is 1. The van der Waals surface area contributed by atoms with Crippen LogP contribution in [-0.2, 0) is 0 Å². The van der Waals surface area contributed by atoms with Crippen molar-refractivity contribution in [2.24, 2.45) is 0 Å². The first kappa shape index (κ1) is 15.0. The number of nitrogen functional groups attached to an aromatic ring is 1. The highest BCUT2D eigenvalue weighted by atomic mass is 35.5. The molecule has 6 nitrogen and oxygen atoms in total. The van der Waals surface area contributed by atoms with Crippen molar-refractivity contribution in [2.75, 3.05) is 12.3 Å². The number of anilines is 1. The highest BCUT2D eigenvalue weighted by Crippen LogP contribution is 2.33. The van der Waals surface area contributed by atoms with Crippen LogP contribution in [0.5, 0.6) is 0 Å². The van der Waals surface area contributed by atoms with E-state index >= 15 is 0 Å².